The molecule has 1 aliphatic rings. The average Bonchev–Trinajstić information content (AvgIpc) is 2.76. The molecule has 0 amide bonds. The lowest BCUT2D eigenvalue weighted by Gasteiger charge is -2.29. The van der Waals surface area contributed by atoms with Gasteiger partial charge in [-0.05, 0) is 25.5 Å². The van der Waals surface area contributed by atoms with E-state index in [1.165, 1.54) is 7.11 Å². The van der Waals surface area contributed by atoms with Gasteiger partial charge in [-0.2, -0.15) is 8.42 Å². The molecule has 0 N–H and O–H groups in total. The molecule has 3 atom stereocenters. The molecule has 1 aliphatic heterocycles. The van der Waals surface area contributed by atoms with E-state index in [4.69, 9.17) is 13.7 Å². The van der Waals surface area contributed by atoms with Gasteiger partial charge in [-0.25, -0.2) is 0 Å². The molecule has 2 rings (SSSR count). The number of hydrogen-bond acceptors (Lipinski definition) is 5. The van der Waals surface area contributed by atoms with Crippen LogP contribution in [0.3, 0.4) is 0 Å². The minimum absolute atomic E-state index is 0.147. The van der Waals surface area contributed by atoms with E-state index in [1.54, 1.807) is 24.3 Å². The van der Waals surface area contributed by atoms with E-state index in [1.807, 2.05) is 20.8 Å². The Morgan fingerprint density at radius 3 is 2.48 bits per heavy atom. The van der Waals surface area contributed by atoms with Crippen LogP contribution in [0, 0.1) is 12.3 Å². The van der Waals surface area contributed by atoms with Gasteiger partial charge in [0.05, 0.1) is 11.5 Å². The monoisotopic (exact) mass is 314 g/mol. The van der Waals surface area contributed by atoms with Crippen LogP contribution >= 0.6 is 0 Å². The first-order chi connectivity index (χ1) is 9.82. The smallest absolute Gasteiger partial charge is 0.297 e. The maximum absolute atomic E-state index is 12.4. The van der Waals surface area contributed by atoms with Crippen molar-refractivity contribution in [2.75, 3.05) is 13.7 Å². The topological polar surface area (TPSA) is 61.8 Å². The Hall–Kier alpha value is -0.950. The zero-order chi connectivity index (χ0) is 15.7. The zero-order valence-electron chi connectivity index (χ0n) is 12.8. The first-order valence-corrected chi connectivity index (χ1v) is 8.37. The summed E-state index contributed by atoms with van der Waals surface area (Å²) in [5.74, 6) is 0. The van der Waals surface area contributed by atoms with Gasteiger partial charge in [-0.3, -0.25) is 4.18 Å². The predicted octanol–water partition coefficient (Wildman–Crippen LogP) is 2.49. The zero-order valence-corrected chi connectivity index (χ0v) is 13.6. The van der Waals surface area contributed by atoms with Gasteiger partial charge < -0.3 is 9.47 Å². The number of methoxy groups -OCH3 is 1. The molecule has 0 spiro atoms. The minimum atomic E-state index is -3.84. The number of ether oxygens (including phenoxy) is 2. The molecule has 0 aromatic heterocycles. The van der Waals surface area contributed by atoms with Crippen molar-refractivity contribution < 1.29 is 22.1 Å². The fraction of sp³-hybridized carbons (Fsp3) is 0.600. The molecule has 1 aromatic carbocycles. The predicted molar refractivity (Wildman–Crippen MR) is 78.4 cm³/mol. The van der Waals surface area contributed by atoms with Crippen molar-refractivity contribution >= 4 is 10.1 Å². The third-order valence-corrected chi connectivity index (χ3v) is 5.40. The summed E-state index contributed by atoms with van der Waals surface area (Å²) < 4.78 is 41.0. The van der Waals surface area contributed by atoms with Crippen molar-refractivity contribution in [3.63, 3.8) is 0 Å². The van der Waals surface area contributed by atoms with Gasteiger partial charge in [-0.1, -0.05) is 31.5 Å². The van der Waals surface area contributed by atoms with Crippen molar-refractivity contribution in [1.29, 1.82) is 0 Å². The summed E-state index contributed by atoms with van der Waals surface area (Å²) in [6, 6.07) is 6.58. The Labute approximate surface area is 126 Å². The first-order valence-electron chi connectivity index (χ1n) is 6.97. The molecular weight excluding hydrogens is 292 g/mol. The molecule has 1 saturated heterocycles. The molecule has 6 heteroatoms. The third kappa shape index (κ3) is 3.29. The summed E-state index contributed by atoms with van der Waals surface area (Å²) in [5.41, 5.74) is 0.602. The first kappa shape index (κ1) is 16.4. The molecule has 0 bridgehead atoms. The molecule has 21 heavy (non-hydrogen) atoms. The van der Waals surface area contributed by atoms with E-state index in [-0.39, 0.29) is 4.90 Å². The van der Waals surface area contributed by atoms with E-state index < -0.39 is 27.9 Å². The maximum Gasteiger partial charge on any atom is 0.297 e. The lowest BCUT2D eigenvalue weighted by atomic mass is 9.84. The van der Waals surface area contributed by atoms with E-state index in [0.29, 0.717) is 6.61 Å². The average molecular weight is 314 g/mol. The second-order valence-electron chi connectivity index (χ2n) is 5.71. The second-order valence-corrected chi connectivity index (χ2v) is 7.28. The summed E-state index contributed by atoms with van der Waals surface area (Å²) in [6.07, 6.45) is -0.588. The third-order valence-electron chi connectivity index (χ3n) is 4.09. The lowest BCUT2D eigenvalue weighted by molar-refractivity contribution is -0.127. The highest BCUT2D eigenvalue weighted by molar-refractivity contribution is 7.86. The van der Waals surface area contributed by atoms with E-state index in [9.17, 15) is 8.42 Å². The van der Waals surface area contributed by atoms with Crippen molar-refractivity contribution in [2.24, 2.45) is 5.41 Å². The Kier molecular flexibility index (Phi) is 4.72. The second kappa shape index (κ2) is 6.04. The normalized spacial score (nSPS) is 29.7. The number of rotatable bonds is 5. The summed E-state index contributed by atoms with van der Waals surface area (Å²) >= 11 is 0. The van der Waals surface area contributed by atoms with Crippen LogP contribution < -0.4 is 0 Å². The van der Waals surface area contributed by atoms with Gasteiger partial charge in [-0.15, -0.1) is 0 Å². The van der Waals surface area contributed by atoms with Crippen LogP contribution in [0.5, 0.6) is 0 Å². The van der Waals surface area contributed by atoms with Gasteiger partial charge in [0.2, 0.25) is 0 Å². The molecule has 118 valence electrons. The highest BCUT2D eigenvalue weighted by Crippen LogP contribution is 2.39. The molecular formula is C15H22O5S. The molecule has 1 aromatic rings. The van der Waals surface area contributed by atoms with Crippen LogP contribution in [0.15, 0.2) is 29.2 Å². The Morgan fingerprint density at radius 1 is 1.33 bits per heavy atom. The van der Waals surface area contributed by atoms with Crippen molar-refractivity contribution in [1.82, 2.24) is 0 Å². The van der Waals surface area contributed by atoms with Gasteiger partial charge >= 0.3 is 0 Å². The van der Waals surface area contributed by atoms with Crippen LogP contribution in [-0.2, 0) is 23.8 Å². The SMILES string of the molecule is CC[C@@]1(C)CO[C@@H](OC)[C@@H]1OS(=O)(=O)c1ccc(C)cc1. The van der Waals surface area contributed by atoms with Crippen LogP contribution in [0.2, 0.25) is 0 Å². The Bertz CT molecular complexity index is 581. The van der Waals surface area contributed by atoms with E-state index in [0.717, 1.165) is 12.0 Å². The summed E-state index contributed by atoms with van der Waals surface area (Å²) in [7, 11) is -2.36. The molecule has 1 fully saturated rings. The Balaban J connectivity index is 2.27. The van der Waals surface area contributed by atoms with Crippen molar-refractivity contribution in [3.8, 4) is 0 Å². The van der Waals surface area contributed by atoms with Crippen molar-refractivity contribution in [3.05, 3.63) is 29.8 Å². The largest absolute Gasteiger partial charge is 0.353 e. The quantitative estimate of drug-likeness (QED) is 0.781. The highest BCUT2D eigenvalue weighted by atomic mass is 32.2. The molecule has 0 radical (unpaired) electrons. The lowest BCUT2D eigenvalue weighted by Crippen LogP contribution is -2.39. The van der Waals surface area contributed by atoms with Crippen molar-refractivity contribution in [2.45, 2.75) is 44.5 Å². The standard InChI is InChI=1S/C15H22O5S/c1-5-15(3)10-19-14(18-4)13(15)20-21(16,17)12-8-6-11(2)7-9-12/h6-9,13-14H,5,10H2,1-4H3/t13-,14+,15-/m0/s1. The molecule has 0 aliphatic carbocycles. The minimum Gasteiger partial charge on any atom is -0.353 e. The van der Waals surface area contributed by atoms with E-state index >= 15 is 0 Å². The van der Waals surface area contributed by atoms with Crippen LogP contribution in [0.1, 0.15) is 25.8 Å². The summed E-state index contributed by atoms with van der Waals surface area (Å²) in [5, 5.41) is 0. The summed E-state index contributed by atoms with van der Waals surface area (Å²) in [4.78, 5) is 0.147. The molecule has 0 saturated carbocycles. The highest BCUT2D eigenvalue weighted by Gasteiger charge is 2.49. The number of benzene rings is 1. The van der Waals surface area contributed by atoms with Gasteiger partial charge in [0.15, 0.2) is 6.29 Å². The molecule has 1 heterocycles. The maximum atomic E-state index is 12.4. The Morgan fingerprint density at radius 2 is 1.95 bits per heavy atom. The fourth-order valence-electron chi connectivity index (χ4n) is 2.32. The van der Waals surface area contributed by atoms with Crippen LogP contribution in [0.25, 0.3) is 0 Å². The van der Waals surface area contributed by atoms with Gasteiger partial charge in [0, 0.05) is 12.5 Å². The fourth-order valence-corrected chi connectivity index (χ4v) is 3.50. The number of aryl methyl sites for hydroxylation is 1. The van der Waals surface area contributed by atoms with Crippen LogP contribution in [-0.4, -0.2) is 34.5 Å². The van der Waals surface area contributed by atoms with E-state index in [2.05, 4.69) is 0 Å². The van der Waals surface area contributed by atoms with Gasteiger partial charge in [0.1, 0.15) is 6.10 Å². The number of hydrogen-bond donors (Lipinski definition) is 0. The van der Waals surface area contributed by atoms with Crippen LogP contribution in [0.4, 0.5) is 0 Å². The molecule has 5 nitrogen and oxygen atoms in total. The summed E-state index contributed by atoms with van der Waals surface area (Å²) in [6.45, 7) is 6.24. The molecule has 0 unspecified atom stereocenters. The van der Waals surface area contributed by atoms with Gasteiger partial charge in [0.25, 0.3) is 10.1 Å².